The lowest BCUT2D eigenvalue weighted by Gasteiger charge is -2.05. The zero-order valence-electron chi connectivity index (χ0n) is 9.77. The van der Waals surface area contributed by atoms with Gasteiger partial charge in [0.05, 0.1) is 10.8 Å². The molecule has 0 unspecified atom stereocenters. The van der Waals surface area contributed by atoms with Crippen molar-refractivity contribution in [2.45, 2.75) is 13.3 Å². The third-order valence-electron chi connectivity index (χ3n) is 3.13. The summed E-state index contributed by atoms with van der Waals surface area (Å²) in [5.74, 6) is 0.126. The van der Waals surface area contributed by atoms with E-state index in [1.165, 1.54) is 6.07 Å². The number of hydrogen-bond acceptors (Lipinski definition) is 4. The van der Waals surface area contributed by atoms with Gasteiger partial charge in [-0.3, -0.25) is 0 Å². The van der Waals surface area contributed by atoms with E-state index < -0.39 is 0 Å². The van der Waals surface area contributed by atoms with Gasteiger partial charge in [-0.15, -0.1) is 0 Å². The molecule has 0 amide bonds. The van der Waals surface area contributed by atoms with Gasteiger partial charge in [-0.1, -0.05) is 13.0 Å². The van der Waals surface area contributed by atoms with Crippen LogP contribution in [0, 0.1) is 0 Å². The molecule has 2 aromatic carbocycles. The van der Waals surface area contributed by atoms with Crippen molar-refractivity contribution in [2.75, 3.05) is 0 Å². The maximum absolute atomic E-state index is 10.2. The smallest absolute Gasteiger partial charge is 0.169 e. The minimum atomic E-state index is -0.314. The van der Waals surface area contributed by atoms with Crippen LogP contribution < -0.4 is 0 Å². The first-order valence-electron chi connectivity index (χ1n) is 5.71. The normalized spacial score (nSPS) is 11.4. The van der Waals surface area contributed by atoms with Gasteiger partial charge in [0.15, 0.2) is 11.5 Å². The van der Waals surface area contributed by atoms with Gasteiger partial charge in [0.1, 0.15) is 17.1 Å². The highest BCUT2D eigenvalue weighted by Gasteiger charge is 2.15. The van der Waals surface area contributed by atoms with Gasteiger partial charge in [-0.25, -0.2) is 0 Å². The molecule has 0 atom stereocenters. The van der Waals surface area contributed by atoms with E-state index in [2.05, 4.69) is 0 Å². The second kappa shape index (κ2) is 3.57. The molecule has 0 aliphatic rings. The third-order valence-corrected chi connectivity index (χ3v) is 3.13. The third kappa shape index (κ3) is 1.32. The van der Waals surface area contributed by atoms with Crippen molar-refractivity contribution in [1.82, 2.24) is 0 Å². The van der Waals surface area contributed by atoms with E-state index in [4.69, 9.17) is 4.42 Å². The largest absolute Gasteiger partial charge is 0.506 e. The molecular weight excluding hydrogens is 232 g/mol. The molecule has 0 fully saturated rings. The van der Waals surface area contributed by atoms with Gasteiger partial charge in [0.25, 0.3) is 0 Å². The molecular formula is C14H12O4. The Morgan fingerprint density at radius 2 is 1.83 bits per heavy atom. The molecule has 0 spiro atoms. The second-order valence-electron chi connectivity index (χ2n) is 4.23. The first-order chi connectivity index (χ1) is 8.61. The fourth-order valence-corrected chi connectivity index (χ4v) is 2.17. The Balaban J connectivity index is 2.50. The SMILES string of the molecule is CCc1cc2c(O)c3c(O)c(O)ccc3cc2o1. The number of aromatic hydroxyl groups is 3. The fraction of sp³-hybridized carbons (Fsp3) is 0.143. The highest BCUT2D eigenvalue weighted by atomic mass is 16.3. The Hall–Kier alpha value is -2.36. The summed E-state index contributed by atoms with van der Waals surface area (Å²) in [5.41, 5.74) is 0.571. The molecule has 3 aromatic rings. The van der Waals surface area contributed by atoms with Crippen LogP contribution in [0.25, 0.3) is 21.7 Å². The highest BCUT2D eigenvalue weighted by molar-refractivity contribution is 6.06. The molecule has 0 aliphatic heterocycles. The lowest BCUT2D eigenvalue weighted by atomic mass is 10.1. The lowest BCUT2D eigenvalue weighted by Crippen LogP contribution is -1.78. The number of furan rings is 1. The van der Waals surface area contributed by atoms with Crippen molar-refractivity contribution in [3.8, 4) is 17.2 Å². The molecule has 0 bridgehead atoms. The highest BCUT2D eigenvalue weighted by Crippen LogP contribution is 2.43. The van der Waals surface area contributed by atoms with E-state index in [-0.39, 0.29) is 22.6 Å². The molecule has 0 saturated carbocycles. The fourth-order valence-electron chi connectivity index (χ4n) is 2.17. The zero-order valence-corrected chi connectivity index (χ0v) is 9.77. The molecule has 3 rings (SSSR count). The topological polar surface area (TPSA) is 73.8 Å². The number of rotatable bonds is 1. The summed E-state index contributed by atoms with van der Waals surface area (Å²) in [6.45, 7) is 1.96. The van der Waals surface area contributed by atoms with Gasteiger partial charge in [0.2, 0.25) is 0 Å². The Labute approximate surface area is 103 Å². The van der Waals surface area contributed by atoms with Crippen LogP contribution in [-0.4, -0.2) is 15.3 Å². The van der Waals surface area contributed by atoms with Gasteiger partial charge in [-0.05, 0) is 23.6 Å². The molecule has 92 valence electrons. The molecule has 0 saturated heterocycles. The standard InChI is InChI=1S/C14H12O4/c1-2-8-6-9-11(18-8)5-7-3-4-10(15)14(17)12(7)13(9)16/h3-6,15-17H,2H2,1H3. The van der Waals surface area contributed by atoms with Crippen molar-refractivity contribution in [1.29, 1.82) is 0 Å². The van der Waals surface area contributed by atoms with Crippen LogP contribution in [0.5, 0.6) is 17.2 Å². The Morgan fingerprint density at radius 3 is 2.56 bits per heavy atom. The minimum absolute atomic E-state index is 0.0700. The molecule has 18 heavy (non-hydrogen) atoms. The van der Waals surface area contributed by atoms with Crippen LogP contribution >= 0.6 is 0 Å². The number of phenols is 3. The van der Waals surface area contributed by atoms with Crippen molar-refractivity contribution >= 4 is 21.7 Å². The van der Waals surface area contributed by atoms with Gasteiger partial charge < -0.3 is 19.7 Å². The first kappa shape index (κ1) is 10.8. The van der Waals surface area contributed by atoms with E-state index in [1.54, 1.807) is 18.2 Å². The summed E-state index contributed by atoms with van der Waals surface area (Å²) in [5, 5.41) is 30.9. The second-order valence-corrected chi connectivity index (χ2v) is 4.23. The maximum atomic E-state index is 10.2. The first-order valence-corrected chi connectivity index (χ1v) is 5.71. The Kier molecular flexibility index (Phi) is 2.13. The monoisotopic (exact) mass is 244 g/mol. The van der Waals surface area contributed by atoms with E-state index in [0.717, 1.165) is 12.2 Å². The lowest BCUT2D eigenvalue weighted by molar-refractivity contribution is 0.405. The van der Waals surface area contributed by atoms with Crippen LogP contribution in [0.2, 0.25) is 0 Å². The van der Waals surface area contributed by atoms with Crippen LogP contribution in [0.4, 0.5) is 0 Å². The Morgan fingerprint density at radius 1 is 1.06 bits per heavy atom. The van der Waals surface area contributed by atoms with Crippen LogP contribution in [0.3, 0.4) is 0 Å². The van der Waals surface area contributed by atoms with E-state index >= 15 is 0 Å². The zero-order chi connectivity index (χ0) is 12.9. The molecule has 0 aliphatic carbocycles. The number of phenolic OH excluding ortho intramolecular Hbond substituents is 3. The predicted octanol–water partition coefficient (Wildman–Crippen LogP) is 3.27. The summed E-state index contributed by atoms with van der Waals surface area (Å²) in [6, 6.07) is 6.49. The van der Waals surface area contributed by atoms with Crippen molar-refractivity contribution in [3.05, 3.63) is 30.0 Å². The summed E-state index contributed by atoms with van der Waals surface area (Å²) in [6.07, 6.45) is 0.724. The quantitative estimate of drug-likeness (QED) is 0.574. The van der Waals surface area contributed by atoms with Gasteiger partial charge in [0, 0.05) is 6.42 Å². The van der Waals surface area contributed by atoms with Gasteiger partial charge >= 0.3 is 0 Å². The van der Waals surface area contributed by atoms with E-state index in [1.807, 2.05) is 6.92 Å². The summed E-state index contributed by atoms with van der Waals surface area (Å²) in [7, 11) is 0. The predicted molar refractivity (Wildman–Crippen MR) is 68.1 cm³/mol. The van der Waals surface area contributed by atoms with Gasteiger partial charge in [-0.2, -0.15) is 0 Å². The Bertz CT molecular complexity index is 755. The van der Waals surface area contributed by atoms with E-state index in [9.17, 15) is 15.3 Å². The maximum Gasteiger partial charge on any atom is 0.169 e. The molecule has 0 radical (unpaired) electrons. The van der Waals surface area contributed by atoms with E-state index in [0.29, 0.717) is 16.4 Å². The summed E-state index contributed by atoms with van der Waals surface area (Å²) < 4.78 is 5.57. The van der Waals surface area contributed by atoms with Crippen molar-refractivity contribution in [3.63, 3.8) is 0 Å². The average Bonchev–Trinajstić information content (AvgIpc) is 2.77. The number of benzene rings is 2. The van der Waals surface area contributed by atoms with Crippen molar-refractivity contribution < 1.29 is 19.7 Å². The van der Waals surface area contributed by atoms with Crippen LogP contribution in [0.15, 0.2) is 28.7 Å². The van der Waals surface area contributed by atoms with Crippen LogP contribution in [-0.2, 0) is 6.42 Å². The molecule has 4 heteroatoms. The molecule has 1 heterocycles. The summed E-state index contributed by atoms with van der Waals surface area (Å²) in [4.78, 5) is 0. The molecule has 3 N–H and O–H groups in total. The molecule has 4 nitrogen and oxygen atoms in total. The number of aryl methyl sites for hydroxylation is 1. The summed E-state index contributed by atoms with van der Waals surface area (Å²) >= 11 is 0. The van der Waals surface area contributed by atoms with Crippen LogP contribution in [0.1, 0.15) is 12.7 Å². The average molecular weight is 244 g/mol. The number of fused-ring (bicyclic) bond motifs is 2. The minimum Gasteiger partial charge on any atom is -0.506 e. The van der Waals surface area contributed by atoms with Crippen molar-refractivity contribution in [2.24, 2.45) is 0 Å². The molecule has 1 aromatic heterocycles. The number of hydrogen-bond donors (Lipinski definition) is 3.